The van der Waals surface area contributed by atoms with Gasteiger partial charge in [0.2, 0.25) is 0 Å². The van der Waals surface area contributed by atoms with E-state index in [2.05, 4.69) is 17.0 Å². The number of aromatic amines is 1. The molecule has 0 atom stereocenters. The van der Waals surface area contributed by atoms with Crippen LogP contribution < -0.4 is 5.56 Å². The van der Waals surface area contributed by atoms with Crippen LogP contribution in [0.1, 0.15) is 50.3 Å². The Balaban J connectivity index is 2.07. The number of nitrogens with zero attached hydrogens (tertiary/aromatic N) is 3. The fourth-order valence-electron chi connectivity index (χ4n) is 2.58. The van der Waals surface area contributed by atoms with E-state index < -0.39 is 4.92 Å². The van der Waals surface area contributed by atoms with E-state index in [1.807, 2.05) is 6.92 Å². The van der Waals surface area contributed by atoms with Crippen LogP contribution in [-0.2, 0) is 0 Å². The molecule has 0 radical (unpaired) electrons. The molecule has 25 heavy (non-hydrogen) atoms. The SMILES string of the molecule is CCCCCCCN=Cc1c(C)[nH]n(-c2ccc([N+](=O)[O-])cc2)c1=O. The van der Waals surface area contributed by atoms with Crippen molar-refractivity contribution in [2.45, 2.75) is 46.0 Å². The van der Waals surface area contributed by atoms with E-state index in [9.17, 15) is 14.9 Å². The topological polar surface area (TPSA) is 93.3 Å². The van der Waals surface area contributed by atoms with Crippen molar-refractivity contribution in [3.05, 3.63) is 56.0 Å². The third-order valence-corrected chi connectivity index (χ3v) is 4.05. The molecule has 0 saturated heterocycles. The third-order valence-electron chi connectivity index (χ3n) is 4.05. The van der Waals surface area contributed by atoms with Crippen LogP contribution in [0.4, 0.5) is 5.69 Å². The van der Waals surface area contributed by atoms with Gasteiger partial charge in [0.05, 0.1) is 16.2 Å². The van der Waals surface area contributed by atoms with Crippen LogP contribution >= 0.6 is 0 Å². The maximum absolute atomic E-state index is 12.5. The minimum absolute atomic E-state index is 0.00932. The highest BCUT2D eigenvalue weighted by Crippen LogP contribution is 2.14. The molecule has 7 heteroatoms. The second-order valence-corrected chi connectivity index (χ2v) is 6.01. The Bertz CT molecular complexity index is 788. The average Bonchev–Trinajstić information content (AvgIpc) is 2.89. The van der Waals surface area contributed by atoms with Crippen molar-refractivity contribution in [1.82, 2.24) is 9.78 Å². The van der Waals surface area contributed by atoms with Crippen LogP contribution in [0.15, 0.2) is 34.1 Å². The quantitative estimate of drug-likeness (QED) is 0.325. The van der Waals surface area contributed by atoms with Gasteiger partial charge >= 0.3 is 0 Å². The molecule has 0 unspecified atom stereocenters. The number of nitro groups is 1. The number of hydrogen-bond acceptors (Lipinski definition) is 4. The maximum Gasteiger partial charge on any atom is 0.280 e. The number of hydrogen-bond donors (Lipinski definition) is 1. The van der Waals surface area contributed by atoms with E-state index in [1.165, 1.54) is 36.1 Å². The van der Waals surface area contributed by atoms with Crippen LogP contribution in [0.25, 0.3) is 5.69 Å². The molecule has 134 valence electrons. The van der Waals surface area contributed by atoms with E-state index in [4.69, 9.17) is 0 Å². The molecule has 0 aliphatic heterocycles. The molecule has 1 aromatic carbocycles. The first kappa shape index (κ1) is 18.6. The molecule has 0 spiro atoms. The monoisotopic (exact) mass is 344 g/mol. The molecule has 1 heterocycles. The Hall–Kier alpha value is -2.70. The summed E-state index contributed by atoms with van der Waals surface area (Å²) in [4.78, 5) is 27.1. The minimum Gasteiger partial charge on any atom is -0.295 e. The van der Waals surface area contributed by atoms with Crippen molar-refractivity contribution in [3.63, 3.8) is 0 Å². The predicted octanol–water partition coefficient (Wildman–Crippen LogP) is 3.77. The third kappa shape index (κ3) is 4.89. The highest BCUT2D eigenvalue weighted by molar-refractivity contribution is 5.80. The highest BCUT2D eigenvalue weighted by Gasteiger charge is 2.12. The summed E-state index contributed by atoms with van der Waals surface area (Å²) in [6.07, 6.45) is 7.49. The maximum atomic E-state index is 12.5. The first-order chi connectivity index (χ1) is 12.0. The van der Waals surface area contributed by atoms with Gasteiger partial charge in [0.25, 0.3) is 11.2 Å². The molecule has 1 aromatic heterocycles. The van der Waals surface area contributed by atoms with Gasteiger partial charge in [-0.3, -0.25) is 25.0 Å². The lowest BCUT2D eigenvalue weighted by Gasteiger charge is -2.00. The summed E-state index contributed by atoms with van der Waals surface area (Å²) in [5.41, 5.74) is 1.58. The van der Waals surface area contributed by atoms with Gasteiger partial charge in [-0.2, -0.15) is 0 Å². The van der Waals surface area contributed by atoms with E-state index in [0.717, 1.165) is 18.5 Å². The standard InChI is InChI=1S/C18H24N4O3/c1-3-4-5-6-7-12-19-13-17-14(2)20-21(18(17)23)15-8-10-16(11-9-15)22(24)25/h8-11,13,20H,3-7,12H2,1-2H3. The van der Waals surface area contributed by atoms with Crippen LogP contribution in [0.2, 0.25) is 0 Å². The molecule has 2 rings (SSSR count). The van der Waals surface area contributed by atoms with Crippen LogP contribution in [-0.4, -0.2) is 27.5 Å². The second kappa shape index (κ2) is 8.96. The summed E-state index contributed by atoms with van der Waals surface area (Å²) in [6, 6.07) is 5.85. The van der Waals surface area contributed by atoms with Crippen molar-refractivity contribution in [2.75, 3.05) is 6.54 Å². The molecule has 0 aliphatic rings. The highest BCUT2D eigenvalue weighted by atomic mass is 16.6. The van der Waals surface area contributed by atoms with Crippen molar-refractivity contribution in [1.29, 1.82) is 0 Å². The van der Waals surface area contributed by atoms with Gasteiger partial charge in [-0.1, -0.05) is 32.6 Å². The number of rotatable bonds is 9. The van der Waals surface area contributed by atoms with Crippen molar-refractivity contribution < 1.29 is 4.92 Å². The fraction of sp³-hybridized carbons (Fsp3) is 0.444. The summed E-state index contributed by atoms with van der Waals surface area (Å²) in [5, 5.41) is 13.7. The number of non-ortho nitro benzene ring substituents is 1. The summed E-state index contributed by atoms with van der Waals surface area (Å²) in [5.74, 6) is 0. The predicted molar refractivity (Wildman–Crippen MR) is 99.0 cm³/mol. The van der Waals surface area contributed by atoms with Crippen molar-refractivity contribution in [3.8, 4) is 5.69 Å². The Morgan fingerprint density at radius 3 is 2.52 bits per heavy atom. The van der Waals surface area contributed by atoms with Crippen molar-refractivity contribution in [2.24, 2.45) is 4.99 Å². The second-order valence-electron chi connectivity index (χ2n) is 6.01. The minimum atomic E-state index is -0.467. The lowest BCUT2D eigenvalue weighted by Crippen LogP contribution is -2.17. The lowest BCUT2D eigenvalue weighted by molar-refractivity contribution is -0.384. The molecule has 0 fully saturated rings. The summed E-state index contributed by atoms with van der Waals surface area (Å²) in [7, 11) is 0. The van der Waals surface area contributed by atoms with Gasteiger partial charge in [0, 0.05) is 30.6 Å². The lowest BCUT2D eigenvalue weighted by atomic mass is 10.1. The summed E-state index contributed by atoms with van der Waals surface area (Å²) in [6.45, 7) is 4.71. The van der Waals surface area contributed by atoms with Gasteiger partial charge < -0.3 is 0 Å². The number of aromatic nitrogens is 2. The van der Waals surface area contributed by atoms with E-state index in [1.54, 1.807) is 18.3 Å². The molecular weight excluding hydrogens is 320 g/mol. The zero-order chi connectivity index (χ0) is 18.2. The number of aliphatic imine (C=N–C) groups is 1. The Labute approximate surface area is 146 Å². The molecule has 0 saturated carbocycles. The number of H-pyrrole nitrogens is 1. The molecule has 0 amide bonds. The van der Waals surface area contributed by atoms with Gasteiger partial charge in [0.1, 0.15) is 0 Å². The number of aryl methyl sites for hydroxylation is 1. The van der Waals surface area contributed by atoms with E-state index in [0.29, 0.717) is 17.8 Å². The van der Waals surface area contributed by atoms with Crippen LogP contribution in [0.3, 0.4) is 0 Å². The Morgan fingerprint density at radius 2 is 1.88 bits per heavy atom. The molecule has 1 N–H and O–H groups in total. The first-order valence-electron chi connectivity index (χ1n) is 8.61. The summed E-state index contributed by atoms with van der Waals surface area (Å²) >= 11 is 0. The molecular formula is C18H24N4O3. The molecule has 7 nitrogen and oxygen atoms in total. The smallest absolute Gasteiger partial charge is 0.280 e. The van der Waals surface area contributed by atoms with Gasteiger partial charge in [0.15, 0.2) is 0 Å². The van der Waals surface area contributed by atoms with Gasteiger partial charge in [-0.05, 0) is 25.5 Å². The number of unbranched alkanes of at least 4 members (excludes halogenated alkanes) is 4. The van der Waals surface area contributed by atoms with Crippen LogP contribution in [0, 0.1) is 17.0 Å². The van der Waals surface area contributed by atoms with Crippen LogP contribution in [0.5, 0.6) is 0 Å². The largest absolute Gasteiger partial charge is 0.295 e. The number of nitrogens with one attached hydrogen (secondary N) is 1. The zero-order valence-electron chi connectivity index (χ0n) is 14.7. The zero-order valence-corrected chi connectivity index (χ0v) is 14.7. The average molecular weight is 344 g/mol. The van der Waals surface area contributed by atoms with Gasteiger partial charge in [-0.25, -0.2) is 4.68 Å². The van der Waals surface area contributed by atoms with Crippen molar-refractivity contribution >= 4 is 11.9 Å². The Kier molecular flexibility index (Phi) is 6.68. The molecule has 2 aromatic rings. The molecule has 0 bridgehead atoms. The Morgan fingerprint density at radius 1 is 1.20 bits per heavy atom. The van der Waals surface area contributed by atoms with Gasteiger partial charge in [-0.15, -0.1) is 0 Å². The van der Waals surface area contributed by atoms with E-state index in [-0.39, 0.29) is 11.2 Å². The summed E-state index contributed by atoms with van der Waals surface area (Å²) < 4.78 is 1.38. The molecule has 0 aliphatic carbocycles. The fourth-order valence-corrected chi connectivity index (χ4v) is 2.58. The normalized spacial score (nSPS) is 11.3. The first-order valence-corrected chi connectivity index (χ1v) is 8.61. The number of benzene rings is 1. The van der Waals surface area contributed by atoms with E-state index >= 15 is 0 Å². The number of nitro benzene ring substituents is 1.